The Morgan fingerprint density at radius 3 is 2.44 bits per heavy atom. The molecule has 16 heavy (non-hydrogen) atoms. The van der Waals surface area contributed by atoms with Crippen molar-refractivity contribution in [2.24, 2.45) is 0 Å². The average Bonchev–Trinajstić information content (AvgIpc) is 2.18. The van der Waals surface area contributed by atoms with E-state index in [2.05, 4.69) is 4.74 Å². The molecule has 0 aromatic heterocycles. The molecule has 0 spiro atoms. The highest BCUT2D eigenvalue weighted by atomic mass is 35.5. The van der Waals surface area contributed by atoms with E-state index in [4.69, 9.17) is 11.6 Å². The Labute approximate surface area is 92.8 Å². The van der Waals surface area contributed by atoms with Crippen LogP contribution >= 0.6 is 11.6 Å². The molecular weight excluding hydrogens is 252 g/mol. The first-order valence-electron chi connectivity index (χ1n) is 3.98. The zero-order chi connectivity index (χ0) is 12.3. The molecule has 7 heteroatoms. The van der Waals surface area contributed by atoms with Gasteiger partial charge in [-0.1, -0.05) is 0 Å². The highest BCUT2D eigenvalue weighted by molar-refractivity contribution is 6.30. The summed E-state index contributed by atoms with van der Waals surface area (Å²) in [5, 5.41) is 0. The van der Waals surface area contributed by atoms with Crippen LogP contribution < -0.4 is 4.74 Å². The number of alkyl halides is 4. The molecule has 1 rings (SSSR count). The molecule has 2 nitrogen and oxygen atoms in total. The predicted molar refractivity (Wildman–Crippen MR) is 48.1 cm³/mol. The maximum Gasteiger partial charge on any atom is 0.573 e. The van der Waals surface area contributed by atoms with E-state index in [0.29, 0.717) is 6.07 Å². The van der Waals surface area contributed by atoms with Crippen molar-refractivity contribution in [1.82, 2.24) is 0 Å². The van der Waals surface area contributed by atoms with Crippen molar-refractivity contribution in [3.05, 3.63) is 29.6 Å². The van der Waals surface area contributed by atoms with E-state index in [-0.39, 0.29) is 11.4 Å². The summed E-state index contributed by atoms with van der Waals surface area (Å²) in [5.41, 5.74) is -0.109. The quantitative estimate of drug-likeness (QED) is 0.472. The number of carbonyl (C=O) groups excluding carboxylic acids is 1. The van der Waals surface area contributed by atoms with Crippen molar-refractivity contribution < 1.29 is 27.1 Å². The number of ether oxygens (including phenoxy) is 1. The van der Waals surface area contributed by atoms with Gasteiger partial charge in [-0.3, -0.25) is 4.79 Å². The lowest BCUT2D eigenvalue weighted by Gasteiger charge is -2.09. The van der Waals surface area contributed by atoms with Crippen LogP contribution in [-0.2, 0) is 0 Å². The molecule has 88 valence electrons. The molecule has 0 heterocycles. The summed E-state index contributed by atoms with van der Waals surface area (Å²) in [4.78, 5) is 11.0. The van der Waals surface area contributed by atoms with Crippen molar-refractivity contribution in [2.75, 3.05) is 5.88 Å². The third-order valence-electron chi connectivity index (χ3n) is 1.60. The molecule has 0 amide bonds. The fraction of sp³-hybridized carbons (Fsp3) is 0.222. The Morgan fingerprint density at radius 1 is 1.38 bits per heavy atom. The van der Waals surface area contributed by atoms with Gasteiger partial charge in [0, 0.05) is 5.56 Å². The number of hydrogen-bond donors (Lipinski definition) is 0. The summed E-state index contributed by atoms with van der Waals surface area (Å²) in [6.07, 6.45) is -4.97. The first-order chi connectivity index (χ1) is 7.33. The summed E-state index contributed by atoms with van der Waals surface area (Å²) < 4.78 is 51.7. The molecular formula is C9H5ClF4O2. The van der Waals surface area contributed by atoms with E-state index < -0.39 is 23.7 Å². The van der Waals surface area contributed by atoms with Gasteiger partial charge in [-0.2, -0.15) is 0 Å². The highest BCUT2D eigenvalue weighted by Gasteiger charge is 2.32. The van der Waals surface area contributed by atoms with Crippen LogP contribution in [0.5, 0.6) is 5.75 Å². The molecule has 0 fully saturated rings. The van der Waals surface area contributed by atoms with Crippen molar-refractivity contribution >= 4 is 17.4 Å². The van der Waals surface area contributed by atoms with Crippen LogP contribution in [0, 0.1) is 5.82 Å². The Bertz CT molecular complexity index is 403. The molecule has 0 aliphatic heterocycles. The van der Waals surface area contributed by atoms with Gasteiger partial charge in [0.1, 0.15) is 0 Å². The molecule has 0 N–H and O–H groups in total. The fourth-order valence-corrected chi connectivity index (χ4v) is 1.11. The first-order valence-corrected chi connectivity index (χ1v) is 4.51. The standard InChI is InChI=1S/C9H5ClF4O2/c10-4-7(15)5-1-2-8(6(11)3-5)16-9(12,13)14/h1-3H,4H2. The topological polar surface area (TPSA) is 26.3 Å². The van der Waals surface area contributed by atoms with Gasteiger partial charge in [-0.25, -0.2) is 4.39 Å². The zero-order valence-corrected chi connectivity index (χ0v) is 8.40. The van der Waals surface area contributed by atoms with Gasteiger partial charge in [-0.15, -0.1) is 24.8 Å². The lowest BCUT2D eigenvalue weighted by molar-refractivity contribution is -0.275. The minimum absolute atomic E-state index is 0.109. The van der Waals surface area contributed by atoms with Crippen molar-refractivity contribution in [3.63, 3.8) is 0 Å². The summed E-state index contributed by atoms with van der Waals surface area (Å²) >= 11 is 5.20. The third-order valence-corrected chi connectivity index (χ3v) is 1.84. The Hall–Kier alpha value is -1.30. The van der Waals surface area contributed by atoms with Crippen LogP contribution in [0.3, 0.4) is 0 Å². The highest BCUT2D eigenvalue weighted by Crippen LogP contribution is 2.26. The molecule has 0 atom stereocenters. The van der Waals surface area contributed by atoms with Gasteiger partial charge < -0.3 is 4.74 Å². The maximum absolute atomic E-state index is 13.1. The van der Waals surface area contributed by atoms with Gasteiger partial charge in [0.15, 0.2) is 17.3 Å². The lowest BCUT2D eigenvalue weighted by atomic mass is 10.1. The van der Waals surface area contributed by atoms with Crippen LogP contribution in [0.2, 0.25) is 0 Å². The Balaban J connectivity index is 2.96. The molecule has 0 aliphatic carbocycles. The smallest absolute Gasteiger partial charge is 0.403 e. The molecule has 0 unspecified atom stereocenters. The van der Waals surface area contributed by atoms with Crippen molar-refractivity contribution in [1.29, 1.82) is 0 Å². The fourth-order valence-electron chi connectivity index (χ4n) is 0.959. The minimum Gasteiger partial charge on any atom is -0.403 e. The van der Waals surface area contributed by atoms with Crippen molar-refractivity contribution in [3.8, 4) is 5.75 Å². The van der Waals surface area contributed by atoms with Gasteiger partial charge in [0.05, 0.1) is 5.88 Å². The summed E-state index contributed by atoms with van der Waals surface area (Å²) in [6, 6.07) is 2.38. The van der Waals surface area contributed by atoms with Gasteiger partial charge in [0.2, 0.25) is 0 Å². The van der Waals surface area contributed by atoms with Crippen LogP contribution in [0.15, 0.2) is 18.2 Å². The van der Waals surface area contributed by atoms with E-state index in [0.717, 1.165) is 12.1 Å². The van der Waals surface area contributed by atoms with E-state index in [9.17, 15) is 22.4 Å². The molecule has 0 aliphatic rings. The van der Waals surface area contributed by atoms with Crippen LogP contribution in [-0.4, -0.2) is 18.0 Å². The largest absolute Gasteiger partial charge is 0.573 e. The van der Waals surface area contributed by atoms with E-state index >= 15 is 0 Å². The average molecular weight is 257 g/mol. The van der Waals surface area contributed by atoms with Crippen molar-refractivity contribution in [2.45, 2.75) is 6.36 Å². The van der Waals surface area contributed by atoms with Gasteiger partial charge in [-0.05, 0) is 18.2 Å². The van der Waals surface area contributed by atoms with E-state index in [1.807, 2.05) is 0 Å². The second-order valence-corrected chi connectivity index (χ2v) is 3.02. The van der Waals surface area contributed by atoms with Gasteiger partial charge >= 0.3 is 6.36 Å². The molecule has 0 saturated carbocycles. The van der Waals surface area contributed by atoms with E-state index in [1.54, 1.807) is 0 Å². The number of carbonyl (C=O) groups is 1. The number of benzene rings is 1. The number of Topliss-reactive ketones (excluding diaryl/α,β-unsaturated/α-hetero) is 1. The maximum atomic E-state index is 13.1. The number of hydrogen-bond acceptors (Lipinski definition) is 2. The number of ketones is 1. The molecule has 0 saturated heterocycles. The normalized spacial score (nSPS) is 11.3. The number of halogens is 5. The monoisotopic (exact) mass is 256 g/mol. The SMILES string of the molecule is O=C(CCl)c1ccc(OC(F)(F)F)c(F)c1. The zero-order valence-electron chi connectivity index (χ0n) is 7.65. The number of rotatable bonds is 3. The predicted octanol–water partition coefficient (Wildman–Crippen LogP) is 3.15. The lowest BCUT2D eigenvalue weighted by Crippen LogP contribution is -2.18. The molecule has 1 aromatic carbocycles. The summed E-state index contributed by atoms with van der Waals surface area (Å²) in [5.74, 6) is -3.22. The molecule has 0 radical (unpaired) electrons. The molecule has 1 aromatic rings. The second-order valence-electron chi connectivity index (χ2n) is 2.75. The molecule has 0 bridgehead atoms. The summed E-state index contributed by atoms with van der Waals surface area (Å²) in [6.45, 7) is 0. The first kappa shape index (κ1) is 12.8. The Kier molecular flexibility index (Phi) is 3.74. The Morgan fingerprint density at radius 2 is 2.00 bits per heavy atom. The third kappa shape index (κ3) is 3.37. The summed E-state index contributed by atoms with van der Waals surface area (Å²) in [7, 11) is 0. The van der Waals surface area contributed by atoms with Crippen LogP contribution in [0.1, 0.15) is 10.4 Å². The second kappa shape index (κ2) is 4.69. The van der Waals surface area contributed by atoms with Gasteiger partial charge in [0.25, 0.3) is 0 Å². The van der Waals surface area contributed by atoms with Crippen LogP contribution in [0.25, 0.3) is 0 Å². The minimum atomic E-state index is -4.97. The van der Waals surface area contributed by atoms with E-state index in [1.165, 1.54) is 0 Å². The van der Waals surface area contributed by atoms with Crippen LogP contribution in [0.4, 0.5) is 17.6 Å².